The van der Waals surface area contributed by atoms with Crippen LogP contribution in [0.3, 0.4) is 0 Å². The molecule has 0 saturated carbocycles. The topological polar surface area (TPSA) is 23.1 Å². The molecule has 0 heterocycles. The van der Waals surface area contributed by atoms with Gasteiger partial charge in [0.05, 0.1) is 0 Å². The molecule has 0 aliphatic rings. The summed E-state index contributed by atoms with van der Waals surface area (Å²) in [5, 5.41) is 11.8. The van der Waals surface area contributed by atoms with Crippen LogP contribution in [0.1, 0.15) is 11.1 Å². The maximum absolute atomic E-state index is 11.8. The molecular weight excluding hydrogens is 186 g/mol. The van der Waals surface area contributed by atoms with Gasteiger partial charge in [-0.15, -0.1) is 35.4 Å². The van der Waals surface area contributed by atoms with Crippen LogP contribution in [0.5, 0.6) is 0 Å². The first kappa shape index (κ1) is 15.5. The normalized spacial score (nSPS) is 8.56. The summed E-state index contributed by atoms with van der Waals surface area (Å²) in [5.74, 6) is 0. The van der Waals surface area contributed by atoms with E-state index in [0.29, 0.717) is 0 Å². The minimum absolute atomic E-state index is 0. The number of hydrogen-bond donors (Lipinski definition) is 0. The Morgan fingerprint density at radius 2 is 0.938 bits per heavy atom. The van der Waals surface area contributed by atoms with Crippen LogP contribution in [0.25, 0.3) is 0 Å². The van der Waals surface area contributed by atoms with Crippen molar-refractivity contribution < 1.29 is 42.8 Å². The Kier molecular flexibility index (Phi) is 7.43. The molecule has 0 unspecified atom stereocenters. The van der Waals surface area contributed by atoms with E-state index >= 15 is 0 Å². The van der Waals surface area contributed by atoms with Crippen LogP contribution in [0.15, 0.2) is 60.7 Å². The second kappa shape index (κ2) is 7.69. The van der Waals surface area contributed by atoms with Gasteiger partial charge in [0.1, 0.15) is 0 Å². The Morgan fingerprint density at radius 1 is 0.625 bits per heavy atom. The third kappa shape index (κ3) is 3.80. The molecule has 0 amide bonds. The van der Waals surface area contributed by atoms with E-state index in [1.54, 1.807) is 0 Å². The van der Waals surface area contributed by atoms with Crippen molar-refractivity contribution in [1.82, 2.24) is 0 Å². The fourth-order valence-corrected chi connectivity index (χ4v) is 1.35. The summed E-state index contributed by atoms with van der Waals surface area (Å²) in [5.41, 5.74) is 1.47. The third-order valence-electron chi connectivity index (χ3n) is 2.07. The van der Waals surface area contributed by atoms with Gasteiger partial charge in [-0.2, -0.15) is 0 Å². The molecule has 1 nitrogen and oxygen atoms in total. The van der Waals surface area contributed by atoms with E-state index in [1.165, 1.54) is 0 Å². The quantitative estimate of drug-likeness (QED) is 0.354. The van der Waals surface area contributed by atoms with Crippen molar-refractivity contribution in [2.24, 2.45) is 0 Å². The summed E-state index contributed by atoms with van der Waals surface area (Å²) in [4.78, 5) is 0. The molecule has 0 spiro atoms. The fraction of sp³-hybridized carbons (Fsp3) is 0. The average molecular weight is 196 g/mol. The molecule has 0 aromatic heterocycles. The van der Waals surface area contributed by atoms with Crippen molar-refractivity contribution in [3.05, 3.63) is 77.9 Å². The third-order valence-corrected chi connectivity index (χ3v) is 2.07. The van der Waals surface area contributed by atoms with Crippen molar-refractivity contribution in [2.75, 3.05) is 0 Å². The molecule has 0 N–H and O–H groups in total. The molecule has 2 rings (SSSR count). The molecule has 0 bridgehead atoms. The molecule has 70 valence electrons. The van der Waals surface area contributed by atoms with Crippen molar-refractivity contribution in [3.8, 4) is 0 Å². The standard InChI is InChI=1S/C13H10O.2Li/c14-13(11-7-3-1-4-8-11)12-9-5-2-6-10-12;;/h1-10H;;/q-2;2*+1. The molecular formula is C13H10Li2O. The minimum Gasteiger partial charge on any atom is -0.865 e. The maximum Gasteiger partial charge on any atom is 1.00 e. The zero-order valence-electron chi connectivity index (χ0n) is 9.68. The summed E-state index contributed by atoms with van der Waals surface area (Å²) < 4.78 is 0. The molecule has 0 fully saturated rings. The van der Waals surface area contributed by atoms with Gasteiger partial charge in [0, 0.05) is 0 Å². The molecule has 2 aromatic carbocycles. The molecule has 2 aromatic rings. The summed E-state index contributed by atoms with van der Waals surface area (Å²) in [6.07, 6.45) is 0.0752. The zero-order valence-corrected chi connectivity index (χ0v) is 9.68. The second-order valence-corrected chi connectivity index (χ2v) is 3.06. The molecule has 0 aliphatic heterocycles. The average Bonchev–Trinajstić information content (AvgIpc) is 2.30. The Bertz CT molecular complexity index is 350. The summed E-state index contributed by atoms with van der Waals surface area (Å²) in [7, 11) is 0. The number of benzene rings is 2. The fourth-order valence-electron chi connectivity index (χ4n) is 1.35. The van der Waals surface area contributed by atoms with Crippen LogP contribution in [0.2, 0.25) is 0 Å². The van der Waals surface area contributed by atoms with Gasteiger partial charge in [0.15, 0.2) is 0 Å². The van der Waals surface area contributed by atoms with Crippen LogP contribution < -0.4 is 42.8 Å². The van der Waals surface area contributed by atoms with Gasteiger partial charge in [-0.25, -0.2) is 6.10 Å². The van der Waals surface area contributed by atoms with E-state index in [2.05, 4.69) is 0 Å². The number of hydrogen-bond acceptors (Lipinski definition) is 1. The molecule has 0 atom stereocenters. The van der Waals surface area contributed by atoms with E-state index in [0.717, 1.165) is 11.1 Å². The first-order chi connectivity index (χ1) is 6.88. The Balaban J connectivity index is 0.00000112. The van der Waals surface area contributed by atoms with Crippen molar-refractivity contribution in [2.45, 2.75) is 0 Å². The van der Waals surface area contributed by atoms with E-state index < -0.39 is 0 Å². The maximum atomic E-state index is 11.8. The van der Waals surface area contributed by atoms with Gasteiger partial charge in [0.25, 0.3) is 0 Å². The van der Waals surface area contributed by atoms with Crippen LogP contribution in [-0.2, 0) is 0 Å². The van der Waals surface area contributed by atoms with Gasteiger partial charge >= 0.3 is 37.7 Å². The van der Waals surface area contributed by atoms with E-state index in [9.17, 15) is 5.11 Å². The monoisotopic (exact) mass is 196 g/mol. The Labute approximate surface area is 120 Å². The van der Waals surface area contributed by atoms with Crippen molar-refractivity contribution in [1.29, 1.82) is 0 Å². The van der Waals surface area contributed by atoms with Gasteiger partial charge in [-0.3, -0.25) is 0 Å². The summed E-state index contributed by atoms with van der Waals surface area (Å²) in [6, 6.07) is 18.6. The Morgan fingerprint density at radius 3 is 1.25 bits per heavy atom. The molecule has 0 aliphatic carbocycles. The first-order valence-corrected chi connectivity index (χ1v) is 4.53. The van der Waals surface area contributed by atoms with Gasteiger partial charge in [-0.05, 0) is 0 Å². The second-order valence-electron chi connectivity index (χ2n) is 3.06. The van der Waals surface area contributed by atoms with Crippen molar-refractivity contribution in [3.63, 3.8) is 0 Å². The molecule has 0 radical (unpaired) electrons. The number of rotatable bonds is 2. The Hall–Kier alpha value is -0.535. The molecule has 3 heteroatoms. The van der Waals surface area contributed by atoms with Crippen LogP contribution >= 0.6 is 0 Å². The van der Waals surface area contributed by atoms with Gasteiger partial charge in [-0.1, -0.05) is 36.4 Å². The predicted molar refractivity (Wildman–Crippen MR) is 54.3 cm³/mol. The predicted octanol–water partition coefficient (Wildman–Crippen LogP) is -4.02. The van der Waals surface area contributed by atoms with Crippen LogP contribution in [-0.4, -0.2) is 0 Å². The SMILES string of the molecule is [Li+].[Li+].[O-][C-](c1ccccc1)c1ccccc1. The van der Waals surface area contributed by atoms with Gasteiger partial charge in [0.2, 0.25) is 0 Å². The summed E-state index contributed by atoms with van der Waals surface area (Å²) in [6.45, 7) is 0. The van der Waals surface area contributed by atoms with E-state index in [1.807, 2.05) is 60.7 Å². The smallest absolute Gasteiger partial charge is 0.865 e. The van der Waals surface area contributed by atoms with E-state index in [4.69, 9.17) is 0 Å². The van der Waals surface area contributed by atoms with Crippen LogP contribution in [0, 0.1) is 6.10 Å². The van der Waals surface area contributed by atoms with Gasteiger partial charge < -0.3 is 5.11 Å². The summed E-state index contributed by atoms with van der Waals surface area (Å²) >= 11 is 0. The molecule has 16 heavy (non-hydrogen) atoms. The van der Waals surface area contributed by atoms with Crippen molar-refractivity contribution >= 4 is 0 Å². The van der Waals surface area contributed by atoms with E-state index in [-0.39, 0.29) is 43.8 Å². The van der Waals surface area contributed by atoms with Crippen LogP contribution in [0.4, 0.5) is 0 Å². The molecule has 0 saturated heterocycles. The largest absolute Gasteiger partial charge is 1.00 e. The first-order valence-electron chi connectivity index (χ1n) is 4.53. The zero-order chi connectivity index (χ0) is 9.80. The minimum atomic E-state index is 0.